The summed E-state index contributed by atoms with van der Waals surface area (Å²) in [6.07, 6.45) is 4.88. The van der Waals surface area contributed by atoms with Gasteiger partial charge in [0, 0.05) is 61.3 Å². The van der Waals surface area contributed by atoms with Gasteiger partial charge in [-0.25, -0.2) is 14.8 Å². The zero-order valence-electron chi connectivity index (χ0n) is 20.6. The first kappa shape index (κ1) is 27.3. The second-order valence-corrected chi connectivity index (χ2v) is 8.82. The van der Waals surface area contributed by atoms with Gasteiger partial charge in [0.2, 0.25) is 5.95 Å². The number of rotatable bonds is 5. The van der Waals surface area contributed by atoms with Crippen molar-refractivity contribution in [2.75, 3.05) is 38.8 Å². The normalized spacial score (nSPS) is 13.3. The van der Waals surface area contributed by atoms with Crippen LogP contribution in [0.3, 0.4) is 0 Å². The number of hydrogen-bond donors (Lipinski definition) is 3. The summed E-state index contributed by atoms with van der Waals surface area (Å²) in [4.78, 5) is 36.9. The van der Waals surface area contributed by atoms with Gasteiger partial charge in [-0.3, -0.25) is 4.79 Å². The predicted molar refractivity (Wildman–Crippen MR) is 148 cm³/mol. The first-order valence-corrected chi connectivity index (χ1v) is 12.8. The second kappa shape index (κ2) is 13.1. The number of nitrogens with zero attached hydrogens (tertiary/aromatic N) is 4. The van der Waals surface area contributed by atoms with Gasteiger partial charge in [0.25, 0.3) is 5.91 Å². The number of benzene rings is 2. The molecule has 1 aliphatic heterocycles. The number of anilines is 2. The van der Waals surface area contributed by atoms with E-state index < -0.39 is 0 Å². The molecule has 3 amide bonds. The van der Waals surface area contributed by atoms with Crippen molar-refractivity contribution in [2.24, 2.45) is 0 Å². The van der Waals surface area contributed by atoms with Gasteiger partial charge in [-0.15, -0.1) is 0 Å². The van der Waals surface area contributed by atoms with E-state index in [0.29, 0.717) is 29.6 Å². The molecule has 1 fully saturated rings. The highest BCUT2D eigenvalue weighted by Crippen LogP contribution is 2.22. The van der Waals surface area contributed by atoms with Crippen molar-refractivity contribution in [2.45, 2.75) is 18.9 Å². The molecule has 2 N–H and O–H groups in total. The highest BCUT2D eigenvalue weighted by atomic mass is 35.5. The van der Waals surface area contributed by atoms with E-state index >= 15 is 0 Å². The number of urea groups is 1. The van der Waals surface area contributed by atoms with Crippen LogP contribution >= 0.6 is 24.2 Å². The van der Waals surface area contributed by atoms with Crippen LogP contribution in [0.1, 0.15) is 23.2 Å². The highest BCUT2D eigenvalue weighted by Gasteiger charge is 2.25. The third kappa shape index (κ3) is 7.35. The number of piperidine rings is 1. The Morgan fingerprint density at radius 3 is 2.25 bits per heavy atom. The van der Waals surface area contributed by atoms with E-state index in [4.69, 9.17) is 11.6 Å². The lowest BCUT2D eigenvalue weighted by molar-refractivity contribution is 0.0707. The van der Waals surface area contributed by atoms with Gasteiger partial charge in [0.1, 0.15) is 0 Å². The fraction of sp³-hybridized carbons (Fsp3) is 0.308. The Labute approximate surface area is 222 Å². The number of amides is 3. The van der Waals surface area contributed by atoms with Gasteiger partial charge in [-0.05, 0) is 61.6 Å². The van der Waals surface area contributed by atoms with Gasteiger partial charge in [-0.1, -0.05) is 23.7 Å². The fourth-order valence-corrected chi connectivity index (χ4v) is 3.86. The Balaban J connectivity index is 0.00000176. The molecule has 0 aliphatic carbocycles. The molecule has 10 heteroatoms. The van der Waals surface area contributed by atoms with Crippen molar-refractivity contribution in [3.8, 4) is 11.3 Å². The minimum atomic E-state index is -0.101. The molecule has 0 spiro atoms. The summed E-state index contributed by atoms with van der Waals surface area (Å²) in [6.45, 7) is 1.23. The maximum absolute atomic E-state index is 12.9. The van der Waals surface area contributed by atoms with Crippen LogP contribution in [0, 0.1) is 0 Å². The predicted octanol–water partition coefficient (Wildman–Crippen LogP) is 4.96. The van der Waals surface area contributed by atoms with Crippen LogP contribution in [0.2, 0.25) is 5.02 Å². The lowest BCUT2D eigenvalue weighted by Gasteiger charge is -2.33. The van der Waals surface area contributed by atoms with E-state index in [0.717, 1.165) is 29.8 Å². The summed E-state index contributed by atoms with van der Waals surface area (Å²) in [5.41, 5.74) is 3.14. The maximum atomic E-state index is 12.9. The lowest BCUT2D eigenvalue weighted by Crippen LogP contribution is -2.48. The van der Waals surface area contributed by atoms with Crippen molar-refractivity contribution >= 4 is 47.8 Å². The summed E-state index contributed by atoms with van der Waals surface area (Å²) in [5, 5.41) is 6.85. The second-order valence-electron chi connectivity index (χ2n) is 8.39. The monoisotopic (exact) mass is 526 g/mol. The van der Waals surface area contributed by atoms with Crippen LogP contribution in [0.4, 0.5) is 16.4 Å². The fourth-order valence-electron chi connectivity index (χ4n) is 3.74. The molecule has 1 aliphatic rings. The number of carbonyl (C=O) groups is 2. The van der Waals surface area contributed by atoms with E-state index in [9.17, 15) is 9.59 Å². The van der Waals surface area contributed by atoms with Crippen molar-refractivity contribution in [3.05, 3.63) is 71.4 Å². The van der Waals surface area contributed by atoms with Crippen molar-refractivity contribution in [1.82, 2.24) is 25.1 Å². The minimum Gasteiger partial charge on any atom is -0.338 e. The molecular formula is C26H31ClN6O2S. The average molecular weight is 527 g/mol. The van der Waals surface area contributed by atoms with Gasteiger partial charge in [0.05, 0.1) is 5.69 Å². The maximum Gasteiger partial charge on any atom is 0.317 e. The quantitative estimate of drug-likeness (QED) is 0.409. The molecule has 0 unspecified atom stereocenters. The lowest BCUT2D eigenvalue weighted by atomic mass is 10.0. The third-order valence-corrected chi connectivity index (χ3v) is 5.95. The van der Waals surface area contributed by atoms with Crippen LogP contribution < -0.4 is 10.6 Å². The number of thiol groups is 1. The number of halogens is 1. The Morgan fingerprint density at radius 2 is 1.64 bits per heavy atom. The molecule has 1 aromatic heterocycles. The average Bonchev–Trinajstić information content (AvgIpc) is 2.91. The largest absolute Gasteiger partial charge is 0.338 e. The SMILES string of the molecule is CN(C)C(=O)NC1CCN(C(=O)c2ccc(Nc3nccc(-c4ccc(Cl)cc4)n3)cc2)CC1.CS. The van der Waals surface area contributed by atoms with E-state index in [1.54, 1.807) is 38.7 Å². The number of carbonyl (C=O) groups excluding carboxylic acids is 2. The molecule has 0 bridgehead atoms. The van der Waals surface area contributed by atoms with Crippen LogP contribution in [0.15, 0.2) is 60.8 Å². The standard InChI is InChI=1S/C25H27ClN6O2.CH4S/c1-31(2)25(34)29-21-12-15-32(16-13-21)23(33)18-5-9-20(10-6-18)28-24-27-14-11-22(30-24)17-3-7-19(26)8-4-17;1-2/h3-11,14,21H,12-13,15-16H2,1-2H3,(H,29,34)(H,27,28,30);2H,1H3. The van der Waals surface area contributed by atoms with E-state index in [-0.39, 0.29) is 18.0 Å². The Bertz CT molecular complexity index is 1150. The van der Waals surface area contributed by atoms with E-state index in [2.05, 4.69) is 33.2 Å². The highest BCUT2D eigenvalue weighted by molar-refractivity contribution is 7.79. The number of hydrogen-bond acceptors (Lipinski definition) is 6. The zero-order valence-corrected chi connectivity index (χ0v) is 22.3. The molecule has 8 nitrogen and oxygen atoms in total. The number of likely N-dealkylation sites (tertiary alicyclic amines) is 1. The molecule has 0 atom stereocenters. The molecule has 0 saturated carbocycles. The summed E-state index contributed by atoms with van der Waals surface area (Å²) in [7, 11) is 3.43. The first-order chi connectivity index (χ1) is 17.4. The van der Waals surface area contributed by atoms with E-state index in [1.807, 2.05) is 47.4 Å². The van der Waals surface area contributed by atoms with Crippen LogP contribution in [-0.4, -0.2) is 71.2 Å². The van der Waals surface area contributed by atoms with Crippen LogP contribution in [0.25, 0.3) is 11.3 Å². The third-order valence-electron chi connectivity index (χ3n) is 5.70. The molecule has 1 saturated heterocycles. The molecule has 2 aromatic carbocycles. The Morgan fingerprint density at radius 1 is 1.00 bits per heavy atom. The summed E-state index contributed by atoms with van der Waals surface area (Å²) >= 11 is 9.50. The van der Waals surface area contributed by atoms with Gasteiger partial charge >= 0.3 is 6.03 Å². The minimum absolute atomic E-state index is 0.00933. The summed E-state index contributed by atoms with van der Waals surface area (Å²) in [6, 6.07) is 16.6. The molecule has 36 heavy (non-hydrogen) atoms. The molecule has 2 heterocycles. The van der Waals surface area contributed by atoms with Gasteiger partial charge in [0.15, 0.2) is 0 Å². The zero-order chi connectivity index (χ0) is 26.1. The molecule has 3 aromatic rings. The Kier molecular flexibility index (Phi) is 9.95. The van der Waals surface area contributed by atoms with Crippen molar-refractivity contribution in [1.29, 1.82) is 0 Å². The summed E-state index contributed by atoms with van der Waals surface area (Å²) < 4.78 is 0. The smallest absolute Gasteiger partial charge is 0.317 e. The molecule has 190 valence electrons. The number of nitrogens with one attached hydrogen (secondary N) is 2. The topological polar surface area (TPSA) is 90.5 Å². The first-order valence-electron chi connectivity index (χ1n) is 11.6. The van der Waals surface area contributed by atoms with E-state index in [1.165, 1.54) is 4.90 Å². The Hall–Kier alpha value is -3.30. The van der Waals surface area contributed by atoms with Crippen LogP contribution in [0.5, 0.6) is 0 Å². The van der Waals surface area contributed by atoms with Gasteiger partial charge in [-0.2, -0.15) is 12.6 Å². The molecule has 0 radical (unpaired) electrons. The van der Waals surface area contributed by atoms with Gasteiger partial charge < -0.3 is 20.4 Å². The molecular weight excluding hydrogens is 496 g/mol. The van der Waals surface area contributed by atoms with Crippen molar-refractivity contribution in [3.63, 3.8) is 0 Å². The molecule has 4 rings (SSSR count). The van der Waals surface area contributed by atoms with Crippen LogP contribution in [-0.2, 0) is 0 Å². The summed E-state index contributed by atoms with van der Waals surface area (Å²) in [5.74, 6) is 0.457. The number of aromatic nitrogens is 2. The van der Waals surface area contributed by atoms with Crippen molar-refractivity contribution < 1.29 is 9.59 Å².